The van der Waals surface area contributed by atoms with E-state index in [0.29, 0.717) is 6.04 Å². The fourth-order valence-electron chi connectivity index (χ4n) is 2.35. The molecule has 0 amide bonds. The molecule has 2 nitrogen and oxygen atoms in total. The highest BCUT2D eigenvalue weighted by Crippen LogP contribution is 2.47. The monoisotopic (exact) mass is 233 g/mol. The van der Waals surface area contributed by atoms with Crippen LogP contribution in [0.3, 0.4) is 0 Å². The number of hydrogen-bond acceptors (Lipinski definition) is 2. The molecule has 1 N–H and O–H groups in total. The third-order valence-electron chi connectivity index (χ3n) is 3.40. The summed E-state index contributed by atoms with van der Waals surface area (Å²) in [6.07, 6.45) is 1.33. The lowest BCUT2D eigenvalue weighted by atomic mass is 10.1. The van der Waals surface area contributed by atoms with Crippen LogP contribution < -0.4 is 5.32 Å². The zero-order chi connectivity index (χ0) is 12.3. The van der Waals surface area contributed by atoms with Crippen molar-refractivity contribution >= 4 is 0 Å². The predicted octanol–water partition coefficient (Wildman–Crippen LogP) is 2.93. The van der Waals surface area contributed by atoms with Gasteiger partial charge in [0, 0.05) is 13.2 Å². The summed E-state index contributed by atoms with van der Waals surface area (Å²) in [6.45, 7) is 6.28. The molecule has 1 saturated carbocycles. The van der Waals surface area contributed by atoms with Crippen molar-refractivity contribution in [1.29, 1.82) is 0 Å². The molecule has 0 radical (unpaired) electrons. The van der Waals surface area contributed by atoms with Crippen LogP contribution in [0.5, 0.6) is 0 Å². The molecule has 1 aliphatic carbocycles. The molecule has 2 rings (SSSR count). The van der Waals surface area contributed by atoms with Gasteiger partial charge in [-0.25, -0.2) is 0 Å². The second-order valence-electron chi connectivity index (χ2n) is 5.34. The first-order chi connectivity index (χ1) is 8.20. The first-order valence-electron chi connectivity index (χ1n) is 6.52. The van der Waals surface area contributed by atoms with E-state index in [9.17, 15) is 0 Å². The molecule has 0 saturated heterocycles. The standard InChI is InChI=1S/C15H23NO/c1-11(2)16-9-14-8-15(14)13-6-4-5-12(7-13)10-17-3/h4-7,11,14-16H,8-10H2,1-3H3. The summed E-state index contributed by atoms with van der Waals surface area (Å²) in [7, 11) is 1.75. The fraction of sp³-hybridized carbons (Fsp3) is 0.600. The Bertz CT molecular complexity index is 362. The Hall–Kier alpha value is -0.860. The van der Waals surface area contributed by atoms with Gasteiger partial charge in [0.05, 0.1) is 6.61 Å². The van der Waals surface area contributed by atoms with Gasteiger partial charge in [-0.2, -0.15) is 0 Å². The quantitative estimate of drug-likeness (QED) is 0.815. The molecule has 0 bridgehead atoms. The minimum atomic E-state index is 0.594. The smallest absolute Gasteiger partial charge is 0.0713 e. The number of rotatable bonds is 6. The maximum Gasteiger partial charge on any atom is 0.0713 e. The van der Waals surface area contributed by atoms with E-state index in [2.05, 4.69) is 43.4 Å². The molecule has 17 heavy (non-hydrogen) atoms. The van der Waals surface area contributed by atoms with Crippen molar-refractivity contribution in [2.75, 3.05) is 13.7 Å². The van der Waals surface area contributed by atoms with Gasteiger partial charge < -0.3 is 10.1 Å². The summed E-state index contributed by atoms with van der Waals surface area (Å²) in [6, 6.07) is 9.42. The number of methoxy groups -OCH3 is 1. The van der Waals surface area contributed by atoms with Crippen LogP contribution in [-0.4, -0.2) is 19.7 Å². The lowest BCUT2D eigenvalue weighted by molar-refractivity contribution is 0.185. The van der Waals surface area contributed by atoms with Gasteiger partial charge in [0.2, 0.25) is 0 Å². The minimum absolute atomic E-state index is 0.594. The average Bonchev–Trinajstić information content (AvgIpc) is 3.07. The molecule has 1 aromatic rings. The van der Waals surface area contributed by atoms with Gasteiger partial charge >= 0.3 is 0 Å². The molecule has 1 aromatic carbocycles. The van der Waals surface area contributed by atoms with E-state index in [1.807, 2.05) is 0 Å². The van der Waals surface area contributed by atoms with E-state index in [0.717, 1.165) is 25.0 Å². The summed E-state index contributed by atoms with van der Waals surface area (Å²) in [4.78, 5) is 0. The summed E-state index contributed by atoms with van der Waals surface area (Å²) >= 11 is 0. The Morgan fingerprint density at radius 2 is 2.24 bits per heavy atom. The van der Waals surface area contributed by atoms with Gasteiger partial charge in [0.25, 0.3) is 0 Å². The first kappa shape index (κ1) is 12.6. The maximum atomic E-state index is 5.18. The van der Waals surface area contributed by atoms with E-state index >= 15 is 0 Å². The van der Waals surface area contributed by atoms with Crippen molar-refractivity contribution in [3.63, 3.8) is 0 Å². The van der Waals surface area contributed by atoms with Crippen molar-refractivity contribution in [3.05, 3.63) is 35.4 Å². The minimum Gasteiger partial charge on any atom is -0.380 e. The Morgan fingerprint density at radius 3 is 2.94 bits per heavy atom. The van der Waals surface area contributed by atoms with Crippen LogP contribution in [0.2, 0.25) is 0 Å². The molecule has 0 aromatic heterocycles. The highest BCUT2D eigenvalue weighted by Gasteiger charge is 2.37. The van der Waals surface area contributed by atoms with Crippen LogP contribution in [0.4, 0.5) is 0 Å². The normalized spacial score (nSPS) is 23.1. The van der Waals surface area contributed by atoms with Gasteiger partial charge in [-0.05, 0) is 35.9 Å². The number of hydrogen-bond donors (Lipinski definition) is 1. The Labute approximate surface area is 104 Å². The number of nitrogens with one attached hydrogen (secondary N) is 1. The van der Waals surface area contributed by atoms with Crippen LogP contribution in [0.1, 0.15) is 37.3 Å². The van der Waals surface area contributed by atoms with Crippen molar-refractivity contribution in [1.82, 2.24) is 5.32 Å². The SMILES string of the molecule is COCc1cccc(C2CC2CNC(C)C)c1. The predicted molar refractivity (Wildman–Crippen MR) is 71.1 cm³/mol. The summed E-state index contributed by atoms with van der Waals surface area (Å²) in [5.41, 5.74) is 2.77. The molecule has 1 fully saturated rings. The van der Waals surface area contributed by atoms with Crippen LogP contribution in [0.15, 0.2) is 24.3 Å². The lowest BCUT2D eigenvalue weighted by Crippen LogP contribution is -2.25. The molecule has 0 heterocycles. The largest absolute Gasteiger partial charge is 0.380 e. The van der Waals surface area contributed by atoms with Crippen LogP contribution in [0, 0.1) is 5.92 Å². The van der Waals surface area contributed by atoms with Crippen molar-refractivity contribution in [2.45, 2.75) is 38.8 Å². The zero-order valence-electron chi connectivity index (χ0n) is 11.1. The molecular weight excluding hydrogens is 210 g/mol. The molecular formula is C15H23NO. The zero-order valence-corrected chi connectivity index (χ0v) is 11.1. The number of benzene rings is 1. The molecule has 2 unspecified atom stereocenters. The third-order valence-corrected chi connectivity index (χ3v) is 3.40. The third kappa shape index (κ3) is 3.55. The van der Waals surface area contributed by atoms with E-state index in [4.69, 9.17) is 4.74 Å². The molecule has 94 valence electrons. The van der Waals surface area contributed by atoms with E-state index in [1.54, 1.807) is 7.11 Å². The van der Waals surface area contributed by atoms with E-state index in [-0.39, 0.29) is 0 Å². The molecule has 2 atom stereocenters. The Balaban J connectivity index is 1.89. The second-order valence-corrected chi connectivity index (χ2v) is 5.34. The van der Waals surface area contributed by atoms with Gasteiger partial charge in [-0.1, -0.05) is 38.1 Å². The Morgan fingerprint density at radius 1 is 1.41 bits per heavy atom. The van der Waals surface area contributed by atoms with Crippen molar-refractivity contribution in [3.8, 4) is 0 Å². The highest BCUT2D eigenvalue weighted by atomic mass is 16.5. The van der Waals surface area contributed by atoms with Crippen LogP contribution in [0.25, 0.3) is 0 Å². The topological polar surface area (TPSA) is 21.3 Å². The average molecular weight is 233 g/mol. The first-order valence-corrected chi connectivity index (χ1v) is 6.52. The fourth-order valence-corrected chi connectivity index (χ4v) is 2.35. The summed E-state index contributed by atoms with van der Waals surface area (Å²) < 4.78 is 5.18. The highest BCUT2D eigenvalue weighted by molar-refractivity contribution is 5.30. The number of ether oxygens (including phenoxy) is 1. The lowest BCUT2D eigenvalue weighted by Gasteiger charge is -2.08. The van der Waals surface area contributed by atoms with Crippen molar-refractivity contribution < 1.29 is 4.74 Å². The van der Waals surface area contributed by atoms with Gasteiger partial charge in [0.15, 0.2) is 0 Å². The van der Waals surface area contributed by atoms with Gasteiger partial charge in [-0.3, -0.25) is 0 Å². The summed E-state index contributed by atoms with van der Waals surface area (Å²) in [5, 5.41) is 3.52. The molecule has 0 spiro atoms. The molecule has 2 heteroatoms. The van der Waals surface area contributed by atoms with Crippen LogP contribution in [-0.2, 0) is 11.3 Å². The van der Waals surface area contributed by atoms with Crippen LogP contribution >= 0.6 is 0 Å². The molecule has 1 aliphatic rings. The molecule has 0 aliphatic heterocycles. The van der Waals surface area contributed by atoms with Crippen molar-refractivity contribution in [2.24, 2.45) is 5.92 Å². The van der Waals surface area contributed by atoms with E-state index < -0.39 is 0 Å². The summed E-state index contributed by atoms with van der Waals surface area (Å²) in [5.74, 6) is 1.59. The Kier molecular flexibility index (Phi) is 4.19. The maximum absolute atomic E-state index is 5.18. The van der Waals surface area contributed by atoms with E-state index in [1.165, 1.54) is 17.5 Å². The van der Waals surface area contributed by atoms with Gasteiger partial charge in [-0.15, -0.1) is 0 Å². The second kappa shape index (κ2) is 5.65. The van der Waals surface area contributed by atoms with Gasteiger partial charge in [0.1, 0.15) is 0 Å².